The van der Waals surface area contributed by atoms with Gasteiger partial charge in [-0.15, -0.1) is 0 Å². The molecule has 0 saturated carbocycles. The van der Waals surface area contributed by atoms with Gasteiger partial charge in [-0.1, -0.05) is 18.7 Å². The molecule has 0 aliphatic rings. The van der Waals surface area contributed by atoms with Crippen molar-refractivity contribution >= 4 is 12.0 Å². The summed E-state index contributed by atoms with van der Waals surface area (Å²) in [6.07, 6.45) is 7.04. The lowest BCUT2D eigenvalue weighted by molar-refractivity contribution is -0.125. The maximum Gasteiger partial charge on any atom is 0.319 e. The summed E-state index contributed by atoms with van der Waals surface area (Å²) in [7, 11) is 3.04. The standard InChI is InChI=1S/C19H21F2N3O3/c1-4-11-27-15-7-5-14(12-16(15)26-3)6-8-18(25)23(2)13-17-22-9-10-24(17)19(20)21/h4-10,12,19H,1,11,13H2,2-3H3/b8-6+. The largest absolute Gasteiger partial charge is 0.493 e. The zero-order valence-corrected chi connectivity index (χ0v) is 15.1. The molecule has 0 N–H and O–H groups in total. The third-order valence-electron chi connectivity index (χ3n) is 3.68. The van der Waals surface area contributed by atoms with Crippen LogP contribution in [0.5, 0.6) is 11.5 Å². The Balaban J connectivity index is 2.04. The van der Waals surface area contributed by atoms with E-state index >= 15 is 0 Å². The van der Waals surface area contributed by atoms with E-state index in [1.54, 1.807) is 30.4 Å². The highest BCUT2D eigenvalue weighted by Gasteiger charge is 2.15. The molecule has 6 nitrogen and oxygen atoms in total. The number of benzene rings is 1. The molecule has 0 fully saturated rings. The normalized spacial score (nSPS) is 11.0. The number of amides is 1. The number of aromatic nitrogens is 2. The summed E-state index contributed by atoms with van der Waals surface area (Å²) >= 11 is 0. The minimum atomic E-state index is -2.70. The van der Waals surface area contributed by atoms with Crippen molar-refractivity contribution in [2.24, 2.45) is 0 Å². The van der Waals surface area contributed by atoms with Crippen molar-refractivity contribution in [3.8, 4) is 11.5 Å². The molecule has 0 aliphatic carbocycles. The monoisotopic (exact) mass is 377 g/mol. The third-order valence-corrected chi connectivity index (χ3v) is 3.68. The number of alkyl halides is 2. The molecule has 0 bridgehead atoms. The van der Waals surface area contributed by atoms with Crippen LogP contribution in [-0.2, 0) is 11.3 Å². The van der Waals surface area contributed by atoms with Crippen molar-refractivity contribution in [3.63, 3.8) is 0 Å². The van der Waals surface area contributed by atoms with Crippen LogP contribution in [0.1, 0.15) is 17.9 Å². The fourth-order valence-corrected chi connectivity index (χ4v) is 2.28. The molecule has 27 heavy (non-hydrogen) atoms. The number of methoxy groups -OCH3 is 1. The molecule has 2 rings (SSSR count). The van der Waals surface area contributed by atoms with Crippen LogP contribution >= 0.6 is 0 Å². The number of hydrogen-bond acceptors (Lipinski definition) is 4. The van der Waals surface area contributed by atoms with Gasteiger partial charge in [-0.25, -0.2) is 4.98 Å². The molecular formula is C19H21F2N3O3. The van der Waals surface area contributed by atoms with Gasteiger partial charge in [0.25, 0.3) is 0 Å². The highest BCUT2D eigenvalue weighted by atomic mass is 19.3. The lowest BCUT2D eigenvalue weighted by atomic mass is 10.2. The van der Waals surface area contributed by atoms with Gasteiger partial charge in [-0.05, 0) is 23.8 Å². The molecular weight excluding hydrogens is 356 g/mol. The Kier molecular flexibility index (Phi) is 7.10. The molecule has 144 valence electrons. The zero-order valence-electron chi connectivity index (χ0n) is 15.1. The molecule has 0 aliphatic heterocycles. The molecule has 2 aromatic rings. The van der Waals surface area contributed by atoms with Crippen molar-refractivity contribution in [2.45, 2.75) is 13.1 Å². The molecule has 0 atom stereocenters. The first-order valence-corrected chi connectivity index (χ1v) is 8.11. The van der Waals surface area contributed by atoms with Crippen molar-refractivity contribution in [1.82, 2.24) is 14.5 Å². The topological polar surface area (TPSA) is 56.6 Å². The van der Waals surface area contributed by atoms with Crippen molar-refractivity contribution < 1.29 is 23.0 Å². The predicted molar refractivity (Wildman–Crippen MR) is 97.7 cm³/mol. The lowest BCUT2D eigenvalue weighted by Crippen LogP contribution is -2.26. The van der Waals surface area contributed by atoms with E-state index in [4.69, 9.17) is 9.47 Å². The summed E-state index contributed by atoms with van der Waals surface area (Å²) in [5, 5.41) is 0. The van der Waals surface area contributed by atoms with E-state index < -0.39 is 6.55 Å². The molecule has 1 aromatic heterocycles. The average Bonchev–Trinajstić information content (AvgIpc) is 3.12. The van der Waals surface area contributed by atoms with Crippen molar-refractivity contribution in [3.05, 3.63) is 60.7 Å². The minimum Gasteiger partial charge on any atom is -0.493 e. The van der Waals surface area contributed by atoms with Crippen molar-refractivity contribution in [2.75, 3.05) is 20.8 Å². The quantitative estimate of drug-likeness (QED) is 0.496. The molecule has 8 heteroatoms. The second kappa shape index (κ2) is 9.51. The minimum absolute atomic E-state index is 0.0296. The van der Waals surface area contributed by atoms with E-state index in [1.165, 1.54) is 37.5 Å². The Labute approximate surface area is 156 Å². The molecule has 1 heterocycles. The highest BCUT2D eigenvalue weighted by molar-refractivity contribution is 5.91. The number of hydrogen-bond donors (Lipinski definition) is 0. The van der Waals surface area contributed by atoms with Gasteiger partial charge in [0.15, 0.2) is 11.5 Å². The van der Waals surface area contributed by atoms with E-state index in [-0.39, 0.29) is 18.3 Å². The summed E-state index contributed by atoms with van der Waals surface area (Å²) in [4.78, 5) is 17.4. The van der Waals surface area contributed by atoms with Crippen molar-refractivity contribution in [1.29, 1.82) is 0 Å². The van der Waals surface area contributed by atoms with E-state index in [1.807, 2.05) is 0 Å². The number of carbonyl (C=O) groups excluding carboxylic acids is 1. The predicted octanol–water partition coefficient (Wildman–Crippen LogP) is 3.52. The van der Waals surface area contributed by atoms with Gasteiger partial charge in [0.1, 0.15) is 12.4 Å². The first kappa shape index (κ1) is 20.2. The van der Waals surface area contributed by atoms with Crippen LogP contribution in [0.3, 0.4) is 0 Å². The number of nitrogens with zero attached hydrogens (tertiary/aromatic N) is 3. The SMILES string of the molecule is C=CCOc1ccc(/C=C/C(=O)N(C)Cc2nccn2C(F)F)cc1OC. The maximum atomic E-state index is 12.8. The molecule has 0 unspecified atom stereocenters. The van der Waals surface area contributed by atoms with Crippen LogP contribution in [0.25, 0.3) is 6.08 Å². The number of imidazole rings is 1. The Morgan fingerprint density at radius 3 is 2.85 bits per heavy atom. The average molecular weight is 377 g/mol. The van der Waals surface area contributed by atoms with Crippen LogP contribution in [0.4, 0.5) is 8.78 Å². The van der Waals surface area contributed by atoms with E-state index in [0.717, 1.165) is 10.1 Å². The van der Waals surface area contributed by atoms with Gasteiger partial charge in [-0.3, -0.25) is 9.36 Å². The van der Waals surface area contributed by atoms with Gasteiger partial charge >= 0.3 is 6.55 Å². The fourth-order valence-electron chi connectivity index (χ4n) is 2.28. The lowest BCUT2D eigenvalue weighted by Gasteiger charge is -2.15. The Bertz CT molecular complexity index is 818. The zero-order chi connectivity index (χ0) is 19.8. The smallest absolute Gasteiger partial charge is 0.319 e. The second-order valence-corrected chi connectivity index (χ2v) is 5.57. The third kappa shape index (κ3) is 5.40. The van der Waals surface area contributed by atoms with E-state index in [2.05, 4.69) is 11.6 Å². The van der Waals surface area contributed by atoms with Crippen LogP contribution in [-0.4, -0.2) is 41.1 Å². The van der Waals surface area contributed by atoms with Crippen LogP contribution < -0.4 is 9.47 Å². The number of halogens is 2. The van der Waals surface area contributed by atoms with Gasteiger partial charge < -0.3 is 14.4 Å². The van der Waals surface area contributed by atoms with Gasteiger partial charge in [0, 0.05) is 25.5 Å². The fraction of sp³-hybridized carbons (Fsp3) is 0.263. The van der Waals surface area contributed by atoms with Crippen LogP contribution in [0.2, 0.25) is 0 Å². The Hall–Kier alpha value is -3.16. The molecule has 1 amide bonds. The summed E-state index contributed by atoms with van der Waals surface area (Å²) < 4.78 is 37.2. The Morgan fingerprint density at radius 2 is 2.19 bits per heavy atom. The summed E-state index contributed by atoms with van der Waals surface area (Å²) in [6.45, 7) is 1.21. The van der Waals surface area contributed by atoms with Crippen LogP contribution in [0.15, 0.2) is 49.3 Å². The molecule has 1 aromatic carbocycles. The first-order chi connectivity index (χ1) is 13.0. The number of likely N-dealkylation sites (N-methyl/N-ethyl adjacent to an activating group) is 1. The summed E-state index contributed by atoms with van der Waals surface area (Å²) in [5.41, 5.74) is 0.730. The Morgan fingerprint density at radius 1 is 1.41 bits per heavy atom. The number of ether oxygens (including phenoxy) is 2. The maximum absolute atomic E-state index is 12.8. The summed E-state index contributed by atoms with van der Waals surface area (Å²) in [6, 6.07) is 5.23. The number of rotatable bonds is 9. The van der Waals surface area contributed by atoms with Gasteiger partial charge in [-0.2, -0.15) is 8.78 Å². The molecule has 0 spiro atoms. The second-order valence-electron chi connectivity index (χ2n) is 5.57. The highest BCUT2D eigenvalue weighted by Crippen LogP contribution is 2.28. The molecule has 0 radical (unpaired) electrons. The van der Waals surface area contributed by atoms with Crippen LogP contribution in [0, 0.1) is 0 Å². The van der Waals surface area contributed by atoms with Gasteiger partial charge in [0.2, 0.25) is 5.91 Å². The number of carbonyl (C=O) groups is 1. The first-order valence-electron chi connectivity index (χ1n) is 8.11. The van der Waals surface area contributed by atoms with Gasteiger partial charge in [0.05, 0.1) is 13.7 Å². The molecule has 0 saturated heterocycles. The van der Waals surface area contributed by atoms with E-state index in [0.29, 0.717) is 18.1 Å². The summed E-state index contributed by atoms with van der Waals surface area (Å²) in [5.74, 6) is 0.861. The van der Waals surface area contributed by atoms with E-state index in [9.17, 15) is 13.6 Å².